The van der Waals surface area contributed by atoms with E-state index in [4.69, 9.17) is 10.5 Å². The van der Waals surface area contributed by atoms with Crippen molar-refractivity contribution in [2.45, 2.75) is 6.61 Å². The van der Waals surface area contributed by atoms with Crippen molar-refractivity contribution in [3.8, 4) is 5.75 Å². The van der Waals surface area contributed by atoms with Crippen LogP contribution in [0.15, 0.2) is 47.6 Å². The standard InChI is InChI=1S/C15H13FN4O4/c16-12-4-1-10(2-5-12)9-24-14-6-3-11(7-13(14)20(22)23)8-18-19-15(17)21/h1-8H,9H2,(H3,17,19,21). The van der Waals surface area contributed by atoms with E-state index in [9.17, 15) is 19.3 Å². The van der Waals surface area contributed by atoms with E-state index in [2.05, 4.69) is 5.10 Å². The fourth-order valence-corrected chi connectivity index (χ4v) is 1.79. The minimum absolute atomic E-state index is 0.0534. The van der Waals surface area contributed by atoms with Gasteiger partial charge in [-0.25, -0.2) is 14.6 Å². The van der Waals surface area contributed by atoms with Crippen LogP contribution in [0, 0.1) is 15.9 Å². The van der Waals surface area contributed by atoms with Gasteiger partial charge in [-0.05, 0) is 29.8 Å². The molecule has 8 nitrogen and oxygen atoms in total. The van der Waals surface area contributed by atoms with Crippen molar-refractivity contribution >= 4 is 17.9 Å². The van der Waals surface area contributed by atoms with Crippen LogP contribution in [0.25, 0.3) is 0 Å². The molecule has 0 aromatic heterocycles. The van der Waals surface area contributed by atoms with Gasteiger partial charge in [-0.3, -0.25) is 10.1 Å². The lowest BCUT2D eigenvalue weighted by Crippen LogP contribution is -2.24. The van der Waals surface area contributed by atoms with Crippen LogP contribution in [0.3, 0.4) is 0 Å². The van der Waals surface area contributed by atoms with Crippen LogP contribution in [-0.2, 0) is 6.61 Å². The number of urea groups is 1. The Kier molecular flexibility index (Phi) is 5.40. The van der Waals surface area contributed by atoms with Crippen molar-refractivity contribution in [3.05, 3.63) is 69.5 Å². The molecule has 0 spiro atoms. The van der Waals surface area contributed by atoms with Crippen LogP contribution in [-0.4, -0.2) is 17.2 Å². The molecule has 0 aliphatic carbocycles. The molecule has 2 rings (SSSR count). The van der Waals surface area contributed by atoms with Gasteiger partial charge in [0.1, 0.15) is 12.4 Å². The van der Waals surface area contributed by atoms with E-state index in [1.807, 2.05) is 5.43 Å². The molecule has 0 aliphatic rings. The average molecular weight is 332 g/mol. The van der Waals surface area contributed by atoms with Crippen molar-refractivity contribution in [1.29, 1.82) is 0 Å². The molecule has 0 bridgehead atoms. The zero-order valence-corrected chi connectivity index (χ0v) is 12.3. The molecule has 3 N–H and O–H groups in total. The van der Waals surface area contributed by atoms with Crippen molar-refractivity contribution in [2.75, 3.05) is 0 Å². The van der Waals surface area contributed by atoms with Gasteiger partial charge in [0, 0.05) is 11.6 Å². The molecular formula is C15H13FN4O4. The summed E-state index contributed by atoms with van der Waals surface area (Å²) in [4.78, 5) is 21.1. The molecule has 2 amide bonds. The molecular weight excluding hydrogens is 319 g/mol. The molecule has 0 aliphatic heterocycles. The Morgan fingerprint density at radius 2 is 2.04 bits per heavy atom. The topological polar surface area (TPSA) is 120 Å². The summed E-state index contributed by atoms with van der Waals surface area (Å²) in [5.74, 6) is -0.317. The molecule has 0 atom stereocenters. The summed E-state index contributed by atoms with van der Waals surface area (Å²) < 4.78 is 18.3. The molecule has 24 heavy (non-hydrogen) atoms. The lowest BCUT2D eigenvalue weighted by atomic mass is 10.2. The van der Waals surface area contributed by atoms with Crippen molar-refractivity contribution in [1.82, 2.24) is 5.43 Å². The van der Waals surface area contributed by atoms with Crippen LogP contribution < -0.4 is 15.9 Å². The van der Waals surface area contributed by atoms with Crippen LogP contribution in [0.1, 0.15) is 11.1 Å². The number of hydrazone groups is 1. The van der Waals surface area contributed by atoms with Gasteiger partial charge in [0.25, 0.3) is 0 Å². The molecule has 2 aromatic rings. The second-order valence-electron chi connectivity index (χ2n) is 4.63. The first-order valence-electron chi connectivity index (χ1n) is 6.70. The normalized spacial score (nSPS) is 10.5. The number of halogens is 1. The number of nitro benzene ring substituents is 1. The molecule has 124 valence electrons. The molecule has 0 fully saturated rings. The van der Waals surface area contributed by atoms with E-state index in [1.165, 1.54) is 48.7 Å². The molecule has 0 unspecified atom stereocenters. The zero-order chi connectivity index (χ0) is 17.5. The van der Waals surface area contributed by atoms with Gasteiger partial charge in [-0.1, -0.05) is 12.1 Å². The minimum atomic E-state index is -0.847. The Hall–Kier alpha value is -3.49. The number of nitrogens with one attached hydrogen (secondary N) is 1. The highest BCUT2D eigenvalue weighted by Gasteiger charge is 2.15. The van der Waals surface area contributed by atoms with Crippen LogP contribution in [0.4, 0.5) is 14.9 Å². The maximum absolute atomic E-state index is 12.8. The highest BCUT2D eigenvalue weighted by Crippen LogP contribution is 2.28. The summed E-state index contributed by atoms with van der Waals surface area (Å²) in [6, 6.07) is 8.94. The lowest BCUT2D eigenvalue weighted by Gasteiger charge is -2.07. The van der Waals surface area contributed by atoms with E-state index in [0.717, 1.165) is 0 Å². The summed E-state index contributed by atoms with van der Waals surface area (Å²) in [6.45, 7) is 0.0534. The Bertz CT molecular complexity index is 778. The van der Waals surface area contributed by atoms with E-state index >= 15 is 0 Å². The lowest BCUT2D eigenvalue weighted by molar-refractivity contribution is -0.385. The van der Waals surface area contributed by atoms with Gasteiger partial charge in [0.05, 0.1) is 11.1 Å². The number of hydrogen-bond acceptors (Lipinski definition) is 5. The summed E-state index contributed by atoms with van der Waals surface area (Å²) in [5.41, 5.74) is 7.62. The van der Waals surface area contributed by atoms with Crippen molar-refractivity contribution in [3.63, 3.8) is 0 Å². The Morgan fingerprint density at radius 3 is 2.67 bits per heavy atom. The quantitative estimate of drug-likeness (QED) is 0.479. The summed E-state index contributed by atoms with van der Waals surface area (Å²) in [5, 5.41) is 14.7. The third kappa shape index (κ3) is 4.77. The van der Waals surface area contributed by atoms with Gasteiger partial charge < -0.3 is 10.5 Å². The number of hydrogen-bond donors (Lipinski definition) is 2. The fraction of sp³-hybridized carbons (Fsp3) is 0.0667. The molecule has 0 heterocycles. The summed E-state index contributed by atoms with van der Waals surface area (Å²) in [6.07, 6.45) is 1.21. The number of carbonyl (C=O) groups excluding carboxylic acids is 1. The zero-order valence-electron chi connectivity index (χ0n) is 12.3. The first-order chi connectivity index (χ1) is 11.5. The van der Waals surface area contributed by atoms with E-state index in [-0.39, 0.29) is 23.9 Å². The number of primary amides is 1. The van der Waals surface area contributed by atoms with E-state index in [1.54, 1.807) is 0 Å². The highest BCUT2D eigenvalue weighted by molar-refractivity contribution is 5.83. The number of rotatable bonds is 6. The van der Waals surface area contributed by atoms with Crippen LogP contribution in [0.5, 0.6) is 5.75 Å². The number of carbonyl (C=O) groups is 1. The maximum atomic E-state index is 12.8. The second kappa shape index (κ2) is 7.68. The molecule has 0 saturated carbocycles. The largest absolute Gasteiger partial charge is 0.482 e. The number of benzene rings is 2. The Labute approximate surface area is 135 Å². The predicted octanol–water partition coefficient (Wildman–Crippen LogP) is 2.32. The number of nitrogens with two attached hydrogens (primary N) is 1. The average Bonchev–Trinajstić information content (AvgIpc) is 2.54. The Balaban J connectivity index is 2.14. The fourth-order valence-electron chi connectivity index (χ4n) is 1.79. The summed E-state index contributed by atoms with van der Waals surface area (Å²) in [7, 11) is 0. The van der Waals surface area contributed by atoms with E-state index in [0.29, 0.717) is 11.1 Å². The maximum Gasteiger partial charge on any atom is 0.332 e. The Morgan fingerprint density at radius 1 is 1.33 bits per heavy atom. The van der Waals surface area contributed by atoms with Gasteiger partial charge in [-0.15, -0.1) is 0 Å². The van der Waals surface area contributed by atoms with Crippen LogP contribution >= 0.6 is 0 Å². The third-order valence-electron chi connectivity index (χ3n) is 2.88. The van der Waals surface area contributed by atoms with E-state index < -0.39 is 11.0 Å². The number of nitrogens with zero attached hydrogens (tertiary/aromatic N) is 2. The van der Waals surface area contributed by atoms with Gasteiger partial charge in [0.2, 0.25) is 0 Å². The van der Waals surface area contributed by atoms with Crippen molar-refractivity contribution in [2.24, 2.45) is 10.8 Å². The van der Waals surface area contributed by atoms with Gasteiger partial charge in [-0.2, -0.15) is 5.10 Å². The first kappa shape index (κ1) is 16.9. The molecule has 2 aromatic carbocycles. The minimum Gasteiger partial charge on any atom is -0.482 e. The highest BCUT2D eigenvalue weighted by atomic mass is 19.1. The smallest absolute Gasteiger partial charge is 0.332 e. The first-order valence-corrected chi connectivity index (χ1v) is 6.70. The molecule has 0 saturated heterocycles. The molecule has 0 radical (unpaired) electrons. The number of ether oxygens (including phenoxy) is 1. The SMILES string of the molecule is NC(=O)NN=Cc1ccc(OCc2ccc(F)cc2)c([N+](=O)[O-])c1. The number of amides is 2. The van der Waals surface area contributed by atoms with Gasteiger partial charge >= 0.3 is 11.7 Å². The number of nitro groups is 1. The predicted molar refractivity (Wildman–Crippen MR) is 84.1 cm³/mol. The molecule has 9 heteroatoms. The third-order valence-corrected chi connectivity index (χ3v) is 2.88. The van der Waals surface area contributed by atoms with Gasteiger partial charge in [0.15, 0.2) is 5.75 Å². The monoisotopic (exact) mass is 332 g/mol. The van der Waals surface area contributed by atoms with Crippen LogP contribution in [0.2, 0.25) is 0 Å². The summed E-state index contributed by atoms with van der Waals surface area (Å²) >= 11 is 0. The second-order valence-corrected chi connectivity index (χ2v) is 4.63. The van der Waals surface area contributed by atoms with Crippen molar-refractivity contribution < 1.29 is 18.8 Å².